The van der Waals surface area contributed by atoms with E-state index in [4.69, 9.17) is 0 Å². The SMILES string of the molecule is CCCN(C(=O)c1cnc(-c2ccncc2)s1)C1CCNCC1.Cl.Cl. The summed E-state index contributed by atoms with van der Waals surface area (Å²) in [5, 5.41) is 4.24. The number of carbonyl (C=O) groups excluding carboxylic acids is 1. The maximum absolute atomic E-state index is 12.9. The van der Waals surface area contributed by atoms with Crippen molar-refractivity contribution in [3.8, 4) is 10.6 Å². The number of rotatable bonds is 5. The molecule has 0 aromatic carbocycles. The lowest BCUT2D eigenvalue weighted by Crippen LogP contribution is -2.46. The number of thiazole rings is 1. The van der Waals surface area contributed by atoms with Gasteiger partial charge in [-0.1, -0.05) is 6.92 Å². The molecule has 1 N–H and O–H groups in total. The van der Waals surface area contributed by atoms with E-state index in [2.05, 4.69) is 22.2 Å². The molecule has 1 amide bonds. The van der Waals surface area contributed by atoms with Crippen LogP contribution in [0.3, 0.4) is 0 Å². The van der Waals surface area contributed by atoms with Gasteiger partial charge in [-0.3, -0.25) is 9.78 Å². The van der Waals surface area contributed by atoms with Crippen LogP contribution in [0.5, 0.6) is 0 Å². The lowest BCUT2D eigenvalue weighted by molar-refractivity contribution is 0.0647. The largest absolute Gasteiger partial charge is 0.335 e. The Balaban J connectivity index is 0.00000156. The van der Waals surface area contributed by atoms with E-state index in [-0.39, 0.29) is 30.7 Å². The molecule has 1 saturated heterocycles. The van der Waals surface area contributed by atoms with Gasteiger partial charge >= 0.3 is 0 Å². The van der Waals surface area contributed by atoms with Gasteiger partial charge in [-0.05, 0) is 44.5 Å². The van der Waals surface area contributed by atoms with E-state index in [9.17, 15) is 4.79 Å². The molecular formula is C17H24Cl2N4OS. The minimum absolute atomic E-state index is 0. The van der Waals surface area contributed by atoms with Crippen LogP contribution in [0, 0.1) is 0 Å². The predicted molar refractivity (Wildman–Crippen MR) is 107 cm³/mol. The lowest BCUT2D eigenvalue weighted by Gasteiger charge is -2.34. The van der Waals surface area contributed by atoms with Crippen molar-refractivity contribution in [2.24, 2.45) is 0 Å². The van der Waals surface area contributed by atoms with Crippen LogP contribution in [0.25, 0.3) is 10.6 Å². The normalized spacial score (nSPS) is 14.3. The van der Waals surface area contributed by atoms with Gasteiger partial charge in [0, 0.05) is 30.5 Å². The Hall–Kier alpha value is -1.21. The van der Waals surface area contributed by atoms with Crippen LogP contribution in [0.2, 0.25) is 0 Å². The zero-order chi connectivity index (χ0) is 16.1. The van der Waals surface area contributed by atoms with Gasteiger partial charge in [0.1, 0.15) is 9.88 Å². The molecule has 3 rings (SSSR count). The van der Waals surface area contributed by atoms with E-state index in [1.165, 1.54) is 11.3 Å². The number of carbonyl (C=O) groups is 1. The molecule has 3 heterocycles. The molecular weight excluding hydrogens is 379 g/mol. The molecule has 1 aliphatic heterocycles. The van der Waals surface area contributed by atoms with E-state index in [0.717, 1.165) is 54.3 Å². The number of hydrogen-bond acceptors (Lipinski definition) is 5. The third-order valence-electron chi connectivity index (χ3n) is 4.12. The van der Waals surface area contributed by atoms with Crippen LogP contribution in [-0.4, -0.2) is 46.5 Å². The molecule has 138 valence electrons. The average molecular weight is 403 g/mol. The maximum Gasteiger partial charge on any atom is 0.265 e. The van der Waals surface area contributed by atoms with E-state index in [1.54, 1.807) is 18.6 Å². The Kier molecular flexibility index (Phi) is 9.35. The highest BCUT2D eigenvalue weighted by atomic mass is 35.5. The van der Waals surface area contributed by atoms with Crippen LogP contribution in [0.15, 0.2) is 30.7 Å². The first-order chi connectivity index (χ1) is 11.3. The monoisotopic (exact) mass is 402 g/mol. The molecule has 8 heteroatoms. The molecule has 0 spiro atoms. The molecule has 1 aliphatic rings. The summed E-state index contributed by atoms with van der Waals surface area (Å²) in [5.41, 5.74) is 1.01. The van der Waals surface area contributed by atoms with Crippen LogP contribution in [-0.2, 0) is 0 Å². The van der Waals surface area contributed by atoms with Crippen molar-refractivity contribution in [2.75, 3.05) is 19.6 Å². The Morgan fingerprint density at radius 1 is 1.28 bits per heavy atom. The van der Waals surface area contributed by atoms with Gasteiger partial charge in [-0.15, -0.1) is 36.2 Å². The van der Waals surface area contributed by atoms with Gasteiger partial charge in [-0.25, -0.2) is 4.98 Å². The summed E-state index contributed by atoms with van der Waals surface area (Å²) in [6.07, 6.45) is 8.25. The molecule has 1 fully saturated rings. The summed E-state index contributed by atoms with van der Waals surface area (Å²) in [5.74, 6) is 0.122. The standard InChI is InChI=1S/C17H22N4OS.2ClH/c1-2-11-21(14-5-9-19-10-6-14)17(22)15-12-20-16(23-15)13-3-7-18-8-4-13;;/h3-4,7-8,12,14,19H,2,5-6,9-11H2,1H3;2*1H. The van der Waals surface area contributed by atoms with Gasteiger partial charge in [-0.2, -0.15) is 0 Å². The summed E-state index contributed by atoms with van der Waals surface area (Å²) in [4.78, 5) is 24.2. The summed E-state index contributed by atoms with van der Waals surface area (Å²) < 4.78 is 0. The highest BCUT2D eigenvalue weighted by molar-refractivity contribution is 7.16. The quantitative estimate of drug-likeness (QED) is 0.828. The van der Waals surface area contributed by atoms with Gasteiger partial charge in [0.25, 0.3) is 5.91 Å². The Bertz CT molecular complexity index is 647. The smallest absolute Gasteiger partial charge is 0.265 e. The second-order valence-corrected chi connectivity index (χ2v) is 6.78. The van der Waals surface area contributed by atoms with Crippen molar-refractivity contribution in [3.05, 3.63) is 35.6 Å². The first-order valence-electron chi connectivity index (χ1n) is 8.17. The van der Waals surface area contributed by atoms with E-state index in [0.29, 0.717) is 6.04 Å². The number of amides is 1. The summed E-state index contributed by atoms with van der Waals surface area (Å²) in [6.45, 7) is 4.91. The number of nitrogens with zero attached hydrogens (tertiary/aromatic N) is 3. The first kappa shape index (κ1) is 21.8. The van der Waals surface area contributed by atoms with Crippen molar-refractivity contribution in [3.63, 3.8) is 0 Å². The van der Waals surface area contributed by atoms with Crippen LogP contribution in [0.1, 0.15) is 35.9 Å². The predicted octanol–water partition coefficient (Wildman–Crippen LogP) is 3.65. The highest BCUT2D eigenvalue weighted by Gasteiger charge is 2.26. The number of nitrogens with one attached hydrogen (secondary N) is 1. The molecule has 0 atom stereocenters. The number of aromatic nitrogens is 2. The second-order valence-electron chi connectivity index (χ2n) is 5.75. The molecule has 0 unspecified atom stereocenters. The van der Waals surface area contributed by atoms with Crippen LogP contribution < -0.4 is 5.32 Å². The van der Waals surface area contributed by atoms with E-state index in [1.807, 2.05) is 17.0 Å². The van der Waals surface area contributed by atoms with Crippen LogP contribution in [0.4, 0.5) is 0 Å². The fraction of sp³-hybridized carbons (Fsp3) is 0.471. The number of halogens is 2. The second kappa shape index (κ2) is 10.7. The topological polar surface area (TPSA) is 58.1 Å². The minimum Gasteiger partial charge on any atom is -0.335 e. The third kappa shape index (κ3) is 5.38. The first-order valence-corrected chi connectivity index (χ1v) is 8.99. The molecule has 2 aromatic rings. The maximum atomic E-state index is 12.9. The van der Waals surface area contributed by atoms with Crippen molar-refractivity contribution in [1.82, 2.24) is 20.2 Å². The van der Waals surface area contributed by atoms with Crippen molar-refractivity contribution in [2.45, 2.75) is 32.2 Å². The third-order valence-corrected chi connectivity index (χ3v) is 5.15. The van der Waals surface area contributed by atoms with Crippen molar-refractivity contribution in [1.29, 1.82) is 0 Å². The van der Waals surface area contributed by atoms with Crippen molar-refractivity contribution >= 4 is 42.1 Å². The summed E-state index contributed by atoms with van der Waals surface area (Å²) >= 11 is 1.47. The molecule has 5 nitrogen and oxygen atoms in total. The highest BCUT2D eigenvalue weighted by Crippen LogP contribution is 2.26. The molecule has 0 bridgehead atoms. The number of piperidine rings is 1. The molecule has 0 saturated carbocycles. The molecule has 2 aromatic heterocycles. The summed E-state index contributed by atoms with van der Waals surface area (Å²) in [6, 6.07) is 4.18. The molecule has 0 aliphatic carbocycles. The Morgan fingerprint density at radius 3 is 2.60 bits per heavy atom. The fourth-order valence-corrected chi connectivity index (χ4v) is 3.83. The minimum atomic E-state index is 0. The Labute approximate surface area is 165 Å². The number of hydrogen-bond donors (Lipinski definition) is 1. The van der Waals surface area contributed by atoms with Gasteiger partial charge in [0.2, 0.25) is 0 Å². The van der Waals surface area contributed by atoms with E-state index >= 15 is 0 Å². The van der Waals surface area contributed by atoms with Crippen LogP contribution >= 0.6 is 36.2 Å². The zero-order valence-corrected chi connectivity index (χ0v) is 16.6. The fourth-order valence-electron chi connectivity index (χ4n) is 2.95. The average Bonchev–Trinajstić information content (AvgIpc) is 3.11. The van der Waals surface area contributed by atoms with E-state index < -0.39 is 0 Å². The van der Waals surface area contributed by atoms with Gasteiger partial charge < -0.3 is 10.2 Å². The zero-order valence-electron chi connectivity index (χ0n) is 14.2. The molecule has 25 heavy (non-hydrogen) atoms. The molecule has 0 radical (unpaired) electrons. The van der Waals surface area contributed by atoms with Crippen molar-refractivity contribution < 1.29 is 4.79 Å². The number of pyridine rings is 1. The Morgan fingerprint density at radius 2 is 1.96 bits per heavy atom. The summed E-state index contributed by atoms with van der Waals surface area (Å²) in [7, 11) is 0. The van der Waals surface area contributed by atoms with Gasteiger partial charge in [0.15, 0.2) is 0 Å². The van der Waals surface area contributed by atoms with Gasteiger partial charge in [0.05, 0.1) is 6.20 Å². The lowest BCUT2D eigenvalue weighted by atomic mass is 10.0.